The van der Waals surface area contributed by atoms with Gasteiger partial charge >= 0.3 is 0 Å². The molecule has 2 rings (SSSR count). The van der Waals surface area contributed by atoms with Gasteiger partial charge in [-0.05, 0) is 37.6 Å². The molecule has 18 heavy (non-hydrogen) atoms. The van der Waals surface area contributed by atoms with Gasteiger partial charge in [0.2, 0.25) is 0 Å². The highest BCUT2D eigenvalue weighted by Crippen LogP contribution is 2.16. The van der Waals surface area contributed by atoms with E-state index >= 15 is 0 Å². The molecular weight excluding hydrogens is 222 g/mol. The lowest BCUT2D eigenvalue weighted by atomic mass is 10.2. The van der Waals surface area contributed by atoms with Gasteiger partial charge in [-0.1, -0.05) is 35.9 Å². The smallest absolute Gasteiger partial charge is 0.122 e. The first-order chi connectivity index (χ1) is 8.75. The van der Waals surface area contributed by atoms with Gasteiger partial charge in [0.05, 0.1) is 0 Å². The third-order valence-corrected chi connectivity index (χ3v) is 2.83. The van der Waals surface area contributed by atoms with Crippen molar-refractivity contribution in [2.24, 2.45) is 0 Å². The van der Waals surface area contributed by atoms with E-state index in [0.29, 0.717) is 6.61 Å². The largest absolute Gasteiger partial charge is 0.491 e. The molecule has 0 saturated heterocycles. The summed E-state index contributed by atoms with van der Waals surface area (Å²) in [5.41, 5.74) is 3.58. The van der Waals surface area contributed by atoms with E-state index in [9.17, 15) is 0 Å². The SMILES string of the molecule is Cc1ccc(NCCOc2ccccc2C)cc1. The molecule has 2 aromatic carbocycles. The second-order valence-corrected chi connectivity index (χ2v) is 4.41. The van der Waals surface area contributed by atoms with Crippen LogP contribution in [0.3, 0.4) is 0 Å². The Morgan fingerprint density at radius 3 is 2.39 bits per heavy atom. The molecule has 0 atom stereocenters. The van der Waals surface area contributed by atoms with Crippen molar-refractivity contribution in [3.63, 3.8) is 0 Å². The number of para-hydroxylation sites is 1. The van der Waals surface area contributed by atoms with Gasteiger partial charge in [-0.3, -0.25) is 0 Å². The van der Waals surface area contributed by atoms with Gasteiger partial charge in [-0.2, -0.15) is 0 Å². The number of nitrogens with one attached hydrogen (secondary N) is 1. The van der Waals surface area contributed by atoms with Gasteiger partial charge in [0.15, 0.2) is 0 Å². The van der Waals surface area contributed by atoms with E-state index in [1.165, 1.54) is 11.1 Å². The van der Waals surface area contributed by atoms with Crippen molar-refractivity contribution in [3.05, 3.63) is 59.7 Å². The second-order valence-electron chi connectivity index (χ2n) is 4.41. The van der Waals surface area contributed by atoms with Crippen molar-refractivity contribution in [2.75, 3.05) is 18.5 Å². The Kier molecular flexibility index (Phi) is 4.24. The fourth-order valence-electron chi connectivity index (χ4n) is 1.75. The number of benzene rings is 2. The summed E-state index contributed by atoms with van der Waals surface area (Å²) in [5.74, 6) is 0.961. The molecular formula is C16H19NO. The van der Waals surface area contributed by atoms with Crippen LogP contribution in [0.25, 0.3) is 0 Å². The molecule has 0 aliphatic heterocycles. The van der Waals surface area contributed by atoms with Gasteiger partial charge in [0, 0.05) is 12.2 Å². The van der Waals surface area contributed by atoms with Crippen molar-refractivity contribution in [1.82, 2.24) is 0 Å². The average Bonchev–Trinajstić information content (AvgIpc) is 2.39. The average molecular weight is 241 g/mol. The second kappa shape index (κ2) is 6.10. The molecule has 0 radical (unpaired) electrons. The fourth-order valence-corrected chi connectivity index (χ4v) is 1.75. The van der Waals surface area contributed by atoms with Crippen molar-refractivity contribution in [3.8, 4) is 5.75 Å². The third-order valence-electron chi connectivity index (χ3n) is 2.83. The Bertz CT molecular complexity index is 491. The highest BCUT2D eigenvalue weighted by atomic mass is 16.5. The Labute approximate surface area is 109 Å². The molecule has 0 fully saturated rings. The van der Waals surface area contributed by atoms with Gasteiger partial charge in [0.25, 0.3) is 0 Å². The van der Waals surface area contributed by atoms with Crippen LogP contribution in [0.15, 0.2) is 48.5 Å². The number of hydrogen-bond acceptors (Lipinski definition) is 2. The normalized spacial score (nSPS) is 10.1. The van der Waals surface area contributed by atoms with Gasteiger partial charge in [0.1, 0.15) is 12.4 Å². The molecule has 0 unspecified atom stereocenters. The molecule has 0 aliphatic carbocycles. The standard InChI is InChI=1S/C16H19NO/c1-13-7-9-15(10-8-13)17-11-12-18-16-6-4-3-5-14(16)2/h3-10,17H,11-12H2,1-2H3. The summed E-state index contributed by atoms with van der Waals surface area (Å²) in [7, 11) is 0. The molecule has 0 aromatic heterocycles. The maximum atomic E-state index is 5.72. The quantitative estimate of drug-likeness (QED) is 0.804. The lowest BCUT2D eigenvalue weighted by Gasteiger charge is -2.10. The van der Waals surface area contributed by atoms with E-state index in [-0.39, 0.29) is 0 Å². The van der Waals surface area contributed by atoms with Gasteiger partial charge in [-0.25, -0.2) is 0 Å². The molecule has 0 saturated carbocycles. The van der Waals surface area contributed by atoms with Crippen molar-refractivity contribution < 1.29 is 4.74 Å². The van der Waals surface area contributed by atoms with Crippen molar-refractivity contribution in [1.29, 1.82) is 0 Å². The number of hydrogen-bond donors (Lipinski definition) is 1. The van der Waals surface area contributed by atoms with E-state index in [4.69, 9.17) is 4.74 Å². The summed E-state index contributed by atoms with van der Waals surface area (Å²) < 4.78 is 5.72. The maximum Gasteiger partial charge on any atom is 0.122 e. The highest BCUT2D eigenvalue weighted by molar-refractivity contribution is 5.44. The molecule has 2 nitrogen and oxygen atoms in total. The molecule has 94 valence electrons. The molecule has 2 heteroatoms. The molecule has 2 aromatic rings. The highest BCUT2D eigenvalue weighted by Gasteiger charge is 1.97. The lowest BCUT2D eigenvalue weighted by Crippen LogP contribution is -2.11. The minimum absolute atomic E-state index is 0.665. The molecule has 0 spiro atoms. The van der Waals surface area contributed by atoms with E-state index in [1.54, 1.807) is 0 Å². The van der Waals surface area contributed by atoms with E-state index in [0.717, 1.165) is 18.0 Å². The van der Waals surface area contributed by atoms with Crippen LogP contribution in [-0.4, -0.2) is 13.2 Å². The molecule has 0 amide bonds. The zero-order valence-electron chi connectivity index (χ0n) is 10.9. The van der Waals surface area contributed by atoms with Crippen molar-refractivity contribution in [2.45, 2.75) is 13.8 Å². The maximum absolute atomic E-state index is 5.72. The Balaban J connectivity index is 1.76. The summed E-state index contributed by atoms with van der Waals surface area (Å²) in [5, 5.41) is 3.34. The summed E-state index contributed by atoms with van der Waals surface area (Å²) >= 11 is 0. The Hall–Kier alpha value is -1.96. The molecule has 1 N–H and O–H groups in total. The van der Waals surface area contributed by atoms with Crippen LogP contribution in [0.5, 0.6) is 5.75 Å². The first-order valence-corrected chi connectivity index (χ1v) is 6.25. The summed E-state index contributed by atoms with van der Waals surface area (Å²) in [4.78, 5) is 0. The summed E-state index contributed by atoms with van der Waals surface area (Å²) in [6.07, 6.45) is 0. The first kappa shape index (κ1) is 12.5. The number of anilines is 1. The van der Waals surface area contributed by atoms with Gasteiger partial charge in [-0.15, -0.1) is 0 Å². The zero-order chi connectivity index (χ0) is 12.8. The number of aryl methyl sites for hydroxylation is 2. The lowest BCUT2D eigenvalue weighted by molar-refractivity contribution is 0.330. The molecule has 0 bridgehead atoms. The van der Waals surface area contributed by atoms with Crippen LogP contribution in [0.1, 0.15) is 11.1 Å². The summed E-state index contributed by atoms with van der Waals surface area (Å²) in [6.45, 7) is 5.62. The Morgan fingerprint density at radius 2 is 1.67 bits per heavy atom. The summed E-state index contributed by atoms with van der Waals surface area (Å²) in [6, 6.07) is 16.5. The first-order valence-electron chi connectivity index (χ1n) is 6.25. The third kappa shape index (κ3) is 3.52. The Morgan fingerprint density at radius 1 is 0.944 bits per heavy atom. The number of ether oxygens (including phenoxy) is 1. The monoisotopic (exact) mass is 241 g/mol. The predicted molar refractivity (Wildman–Crippen MR) is 76.3 cm³/mol. The minimum atomic E-state index is 0.665. The molecule has 0 heterocycles. The molecule has 0 aliphatic rings. The van der Waals surface area contributed by atoms with Crippen LogP contribution in [0, 0.1) is 13.8 Å². The number of rotatable bonds is 5. The van der Waals surface area contributed by atoms with Crippen molar-refractivity contribution >= 4 is 5.69 Å². The topological polar surface area (TPSA) is 21.3 Å². The van der Waals surface area contributed by atoms with Crippen LogP contribution in [-0.2, 0) is 0 Å². The minimum Gasteiger partial charge on any atom is -0.491 e. The van der Waals surface area contributed by atoms with E-state index < -0.39 is 0 Å². The zero-order valence-corrected chi connectivity index (χ0v) is 10.9. The van der Waals surface area contributed by atoms with Crippen LogP contribution >= 0.6 is 0 Å². The van der Waals surface area contributed by atoms with Crippen LogP contribution in [0.4, 0.5) is 5.69 Å². The van der Waals surface area contributed by atoms with Gasteiger partial charge < -0.3 is 10.1 Å². The van der Waals surface area contributed by atoms with E-state index in [2.05, 4.69) is 49.5 Å². The fraction of sp³-hybridized carbons (Fsp3) is 0.250. The van der Waals surface area contributed by atoms with E-state index in [1.807, 2.05) is 18.2 Å². The van der Waals surface area contributed by atoms with Crippen LogP contribution < -0.4 is 10.1 Å². The van der Waals surface area contributed by atoms with Crippen LogP contribution in [0.2, 0.25) is 0 Å². The predicted octanol–water partition coefficient (Wildman–Crippen LogP) is 3.79.